The molecule has 0 bridgehead atoms. The standard InChI is InChI=1S/C13H21BrN2O2S2/c1-15-10-11-9-12(13(14)19-11)20(17,18)16-7-5-3-2-4-6-8-16/h9,15H,2-8,10H2,1H3. The van der Waals surface area contributed by atoms with Crippen LogP contribution in [0.4, 0.5) is 0 Å². The zero-order valence-electron chi connectivity index (χ0n) is 11.7. The Bertz CT molecular complexity index is 535. The molecule has 0 aliphatic carbocycles. The largest absolute Gasteiger partial charge is 0.315 e. The molecule has 2 heterocycles. The molecule has 0 amide bonds. The minimum absolute atomic E-state index is 0.424. The zero-order valence-corrected chi connectivity index (χ0v) is 14.9. The molecule has 20 heavy (non-hydrogen) atoms. The van der Waals surface area contributed by atoms with Crippen LogP contribution < -0.4 is 5.32 Å². The molecule has 0 atom stereocenters. The first-order valence-corrected chi connectivity index (χ1v) is 10.0. The Kier molecular flexibility index (Phi) is 6.04. The molecule has 0 radical (unpaired) electrons. The van der Waals surface area contributed by atoms with Crippen LogP contribution in [0.1, 0.15) is 37.0 Å². The molecule has 1 aromatic rings. The predicted molar refractivity (Wildman–Crippen MR) is 86.6 cm³/mol. The minimum Gasteiger partial charge on any atom is -0.315 e. The van der Waals surface area contributed by atoms with Crippen LogP contribution in [-0.4, -0.2) is 32.9 Å². The van der Waals surface area contributed by atoms with Crippen LogP contribution in [0.3, 0.4) is 0 Å². The first-order valence-electron chi connectivity index (χ1n) is 6.98. The van der Waals surface area contributed by atoms with Gasteiger partial charge in [0.05, 0.1) is 3.79 Å². The highest BCUT2D eigenvalue weighted by molar-refractivity contribution is 9.11. The maximum absolute atomic E-state index is 12.8. The van der Waals surface area contributed by atoms with Gasteiger partial charge in [-0.15, -0.1) is 11.3 Å². The lowest BCUT2D eigenvalue weighted by atomic mass is 10.1. The molecular weight excluding hydrogens is 360 g/mol. The van der Waals surface area contributed by atoms with Crippen molar-refractivity contribution in [3.05, 3.63) is 14.7 Å². The number of sulfonamides is 1. The number of halogens is 1. The maximum Gasteiger partial charge on any atom is 0.245 e. The number of hydrogen-bond acceptors (Lipinski definition) is 4. The average Bonchev–Trinajstić information content (AvgIpc) is 2.70. The van der Waals surface area contributed by atoms with Crippen molar-refractivity contribution in [3.8, 4) is 0 Å². The van der Waals surface area contributed by atoms with Crippen LogP contribution in [0, 0.1) is 0 Å². The molecule has 7 heteroatoms. The summed E-state index contributed by atoms with van der Waals surface area (Å²) in [6.07, 6.45) is 5.40. The molecule has 1 fully saturated rings. The smallest absolute Gasteiger partial charge is 0.245 e. The molecule has 2 rings (SSSR count). The lowest BCUT2D eigenvalue weighted by Crippen LogP contribution is -2.33. The molecule has 0 spiro atoms. The molecule has 1 aliphatic rings. The van der Waals surface area contributed by atoms with Crippen molar-refractivity contribution in [2.24, 2.45) is 0 Å². The summed E-state index contributed by atoms with van der Waals surface area (Å²) in [5, 5.41) is 3.05. The number of hydrogen-bond donors (Lipinski definition) is 1. The van der Waals surface area contributed by atoms with Gasteiger partial charge in [0, 0.05) is 24.5 Å². The van der Waals surface area contributed by atoms with Crippen LogP contribution in [0.25, 0.3) is 0 Å². The molecule has 4 nitrogen and oxygen atoms in total. The highest BCUT2D eigenvalue weighted by Gasteiger charge is 2.28. The van der Waals surface area contributed by atoms with E-state index in [1.807, 2.05) is 7.05 Å². The van der Waals surface area contributed by atoms with Crippen molar-refractivity contribution in [1.82, 2.24) is 9.62 Å². The Labute approximate surface area is 133 Å². The summed E-state index contributed by atoms with van der Waals surface area (Å²) in [6, 6.07) is 1.79. The van der Waals surface area contributed by atoms with Crippen molar-refractivity contribution in [1.29, 1.82) is 0 Å². The van der Waals surface area contributed by atoms with Gasteiger partial charge in [-0.3, -0.25) is 0 Å². The van der Waals surface area contributed by atoms with E-state index >= 15 is 0 Å². The Morgan fingerprint density at radius 1 is 1.25 bits per heavy atom. The van der Waals surface area contributed by atoms with E-state index in [-0.39, 0.29) is 0 Å². The first-order chi connectivity index (χ1) is 9.55. The lowest BCUT2D eigenvalue weighted by Gasteiger charge is -2.23. The fourth-order valence-electron chi connectivity index (χ4n) is 2.43. The molecule has 0 saturated carbocycles. The predicted octanol–water partition coefficient (Wildman–Crippen LogP) is 3.18. The Morgan fingerprint density at radius 2 is 1.85 bits per heavy atom. The quantitative estimate of drug-likeness (QED) is 0.872. The van der Waals surface area contributed by atoms with Gasteiger partial charge < -0.3 is 5.32 Å². The summed E-state index contributed by atoms with van der Waals surface area (Å²) in [7, 11) is -1.50. The van der Waals surface area contributed by atoms with E-state index in [1.54, 1.807) is 10.4 Å². The van der Waals surface area contributed by atoms with E-state index in [0.29, 0.717) is 28.3 Å². The van der Waals surface area contributed by atoms with Crippen LogP contribution in [0.5, 0.6) is 0 Å². The molecule has 1 saturated heterocycles. The fraction of sp³-hybridized carbons (Fsp3) is 0.692. The van der Waals surface area contributed by atoms with Crippen LogP contribution >= 0.6 is 27.3 Å². The Balaban J connectivity index is 2.23. The first kappa shape index (κ1) is 16.4. The number of nitrogens with one attached hydrogen (secondary N) is 1. The highest BCUT2D eigenvalue weighted by atomic mass is 79.9. The molecular formula is C13H21BrN2O2S2. The monoisotopic (exact) mass is 380 g/mol. The average molecular weight is 381 g/mol. The summed E-state index contributed by atoms with van der Waals surface area (Å²) in [5.41, 5.74) is 0. The number of rotatable bonds is 4. The van der Waals surface area contributed by atoms with Crippen LogP contribution in [0.15, 0.2) is 14.7 Å². The number of nitrogens with zero attached hydrogens (tertiary/aromatic N) is 1. The maximum atomic E-state index is 12.8. The third-order valence-electron chi connectivity index (χ3n) is 3.49. The fourth-order valence-corrected chi connectivity index (χ4v) is 6.59. The van der Waals surface area contributed by atoms with Crippen molar-refractivity contribution >= 4 is 37.3 Å². The van der Waals surface area contributed by atoms with Gasteiger partial charge in [-0.1, -0.05) is 19.3 Å². The Morgan fingerprint density at radius 3 is 2.45 bits per heavy atom. The normalized spacial score (nSPS) is 18.7. The summed E-state index contributed by atoms with van der Waals surface area (Å²) < 4.78 is 27.9. The number of thiophene rings is 1. The minimum atomic E-state index is -3.36. The van der Waals surface area contributed by atoms with Gasteiger partial charge in [-0.05, 0) is 41.9 Å². The molecule has 0 unspecified atom stereocenters. The van der Waals surface area contributed by atoms with Gasteiger partial charge in [-0.2, -0.15) is 4.31 Å². The van der Waals surface area contributed by atoms with Crippen molar-refractivity contribution in [2.45, 2.75) is 43.5 Å². The van der Waals surface area contributed by atoms with Gasteiger partial charge in [-0.25, -0.2) is 8.42 Å². The third kappa shape index (κ3) is 3.82. The second-order valence-electron chi connectivity index (χ2n) is 5.05. The molecule has 1 N–H and O–H groups in total. The highest BCUT2D eigenvalue weighted by Crippen LogP contribution is 2.34. The van der Waals surface area contributed by atoms with Gasteiger partial charge >= 0.3 is 0 Å². The summed E-state index contributed by atoms with van der Waals surface area (Å²) in [5.74, 6) is 0. The van der Waals surface area contributed by atoms with Gasteiger partial charge in [0.15, 0.2) is 0 Å². The Hall–Kier alpha value is 0.0500. The SMILES string of the molecule is CNCc1cc(S(=O)(=O)N2CCCCCCC2)c(Br)s1. The van der Waals surface area contributed by atoms with Crippen molar-refractivity contribution < 1.29 is 8.42 Å². The van der Waals surface area contributed by atoms with E-state index in [2.05, 4.69) is 21.2 Å². The summed E-state index contributed by atoms with van der Waals surface area (Å²) in [6.45, 7) is 1.98. The van der Waals surface area contributed by atoms with Crippen molar-refractivity contribution in [3.63, 3.8) is 0 Å². The zero-order chi connectivity index (χ0) is 14.6. The van der Waals surface area contributed by atoms with E-state index in [9.17, 15) is 8.42 Å². The van der Waals surface area contributed by atoms with E-state index in [0.717, 1.165) is 30.6 Å². The second kappa shape index (κ2) is 7.35. The molecule has 0 aromatic carbocycles. The topological polar surface area (TPSA) is 49.4 Å². The van der Waals surface area contributed by atoms with E-state index in [4.69, 9.17) is 0 Å². The van der Waals surface area contributed by atoms with Crippen LogP contribution in [-0.2, 0) is 16.6 Å². The molecule has 1 aliphatic heterocycles. The van der Waals surface area contributed by atoms with Crippen molar-refractivity contribution in [2.75, 3.05) is 20.1 Å². The van der Waals surface area contributed by atoms with E-state index < -0.39 is 10.0 Å². The molecule has 1 aromatic heterocycles. The van der Waals surface area contributed by atoms with Gasteiger partial charge in [0.1, 0.15) is 4.90 Å². The summed E-state index contributed by atoms with van der Waals surface area (Å²) >= 11 is 4.90. The molecule has 114 valence electrons. The lowest BCUT2D eigenvalue weighted by molar-refractivity contribution is 0.364. The second-order valence-corrected chi connectivity index (χ2v) is 9.41. The third-order valence-corrected chi connectivity index (χ3v) is 7.64. The van der Waals surface area contributed by atoms with Crippen LogP contribution in [0.2, 0.25) is 0 Å². The van der Waals surface area contributed by atoms with Gasteiger partial charge in [0.25, 0.3) is 0 Å². The summed E-state index contributed by atoms with van der Waals surface area (Å²) in [4.78, 5) is 1.46. The van der Waals surface area contributed by atoms with E-state index in [1.165, 1.54) is 17.8 Å². The van der Waals surface area contributed by atoms with Gasteiger partial charge in [0.2, 0.25) is 10.0 Å².